The molecule has 0 spiro atoms. The molecule has 1 aliphatic heterocycles. The van der Waals surface area contributed by atoms with Crippen LogP contribution in [0.25, 0.3) is 39.1 Å². The standard InChI is InChI=1S/C29H30N8O5.C26H23FIN5O4.C2H6OS/c1-2-37-24-17-25(31-18-23(24)33-28(37)26-27(30)35-42-34-26)41-22-5-3-4-20(16-22)32-29(38)19-6-8-21(9-7-19)40-15-12-36-10-13-39-14-11-36;1-13-22-21(23(31(3)24(13)35)30-20-10-7-15(28)11-19(20)27)25(36)33(17-8-9-17)26(37)32(22)18-6-4-5-16(12-18)29-14(2)34;1-4(2)3/h3-9,16-18H,2,10-15H2,1H3,(H2,30,35)(H,32,38);4-7,10-12,17,30H,8-9H2,1-3H3,(H,29,34);1-2H3. The van der Waals surface area contributed by atoms with Crippen molar-refractivity contribution in [1.82, 2.24) is 43.4 Å². The summed E-state index contributed by atoms with van der Waals surface area (Å²) < 4.78 is 52.7. The molecule has 0 unspecified atom stereocenters. The molecular formula is C57H59FIN13O10S. The van der Waals surface area contributed by atoms with Crippen molar-refractivity contribution in [3.05, 3.63) is 155 Å². The summed E-state index contributed by atoms with van der Waals surface area (Å²) >= 11 is 1.99. The number of fused-ring (bicyclic) bond motifs is 2. The number of aryl methyl sites for hydroxylation is 2. The third kappa shape index (κ3) is 13.8. The number of morpholine rings is 1. The van der Waals surface area contributed by atoms with E-state index in [1.54, 1.807) is 111 Å². The highest BCUT2D eigenvalue weighted by Gasteiger charge is 2.32. The number of anilines is 5. The van der Waals surface area contributed by atoms with Gasteiger partial charge in [0.05, 0.1) is 41.8 Å². The van der Waals surface area contributed by atoms with E-state index < -0.39 is 33.4 Å². The lowest BCUT2D eigenvalue weighted by Gasteiger charge is -2.26. The van der Waals surface area contributed by atoms with Gasteiger partial charge >= 0.3 is 5.69 Å². The van der Waals surface area contributed by atoms with E-state index in [0.29, 0.717) is 80.9 Å². The minimum Gasteiger partial charge on any atom is -0.492 e. The number of imidazole rings is 1. The van der Waals surface area contributed by atoms with E-state index in [0.717, 1.165) is 44.1 Å². The first-order valence-electron chi connectivity index (χ1n) is 26.2. The quantitative estimate of drug-likeness (QED) is 0.0713. The fourth-order valence-electron chi connectivity index (χ4n) is 9.20. The van der Waals surface area contributed by atoms with E-state index in [-0.39, 0.29) is 51.6 Å². The Balaban J connectivity index is 0.000000189. The van der Waals surface area contributed by atoms with Gasteiger partial charge in [-0.3, -0.25) is 42.0 Å². The van der Waals surface area contributed by atoms with E-state index in [1.165, 1.54) is 39.8 Å². The zero-order valence-electron chi connectivity index (χ0n) is 46.1. The van der Waals surface area contributed by atoms with Crippen LogP contribution in [-0.2, 0) is 33.9 Å². The fraction of sp³-hybridized carbons (Fsp3) is 0.281. The Labute approximate surface area is 490 Å². The van der Waals surface area contributed by atoms with Crippen molar-refractivity contribution >= 4 is 95.8 Å². The van der Waals surface area contributed by atoms with Gasteiger partial charge in [0.15, 0.2) is 17.3 Å². The molecule has 1 saturated carbocycles. The average Bonchev–Trinajstić information content (AvgIpc) is 3.76. The number of aromatic nitrogens is 8. The number of rotatable bonds is 15. The maximum Gasteiger partial charge on any atom is 0.336 e. The number of carbonyl (C=O) groups excluding carboxylic acids is 2. The molecule has 0 atom stereocenters. The zero-order valence-corrected chi connectivity index (χ0v) is 49.1. The molecule has 1 saturated heterocycles. The zero-order chi connectivity index (χ0) is 59.1. The summed E-state index contributed by atoms with van der Waals surface area (Å²) in [5.41, 5.74) is 8.43. The van der Waals surface area contributed by atoms with Gasteiger partial charge < -0.3 is 40.5 Å². The molecule has 2 aliphatic rings. The van der Waals surface area contributed by atoms with Crippen LogP contribution in [0.4, 0.5) is 33.1 Å². The van der Waals surface area contributed by atoms with Gasteiger partial charge in [-0.15, -0.1) is 0 Å². The molecule has 2 fully saturated rings. The SMILES string of the molecule is CC(=O)Nc1cccc(-n2c(=O)n(C3CC3)c(=O)c3c(Nc4ccc(I)cc4F)n(C)c(=O)c(C)c32)c1.CCn1c(-c2nonc2N)nc2cnc(Oc3cccc(NC(=O)c4ccc(OCCN5CCOCC5)cc4)c3)cc21.CS(C)=O. The summed E-state index contributed by atoms with van der Waals surface area (Å²) in [6, 6.07) is 26.9. The molecule has 2 amide bonds. The molecule has 83 heavy (non-hydrogen) atoms. The number of hydrogen-bond acceptors (Lipinski definition) is 17. The van der Waals surface area contributed by atoms with E-state index in [9.17, 15) is 32.6 Å². The molecule has 0 radical (unpaired) electrons. The van der Waals surface area contributed by atoms with Crippen LogP contribution in [0.3, 0.4) is 0 Å². The summed E-state index contributed by atoms with van der Waals surface area (Å²) in [6.07, 6.45) is 6.24. The molecule has 6 heterocycles. The molecule has 5 aromatic heterocycles. The van der Waals surface area contributed by atoms with E-state index in [2.05, 4.69) is 41.1 Å². The Morgan fingerprint density at radius 3 is 2.28 bits per heavy atom. The third-order valence-corrected chi connectivity index (χ3v) is 13.9. The first-order valence-corrected chi connectivity index (χ1v) is 29.3. The second-order valence-corrected chi connectivity index (χ2v) is 22.1. The van der Waals surface area contributed by atoms with Crippen LogP contribution in [0, 0.1) is 16.3 Å². The van der Waals surface area contributed by atoms with E-state index >= 15 is 0 Å². The molecule has 26 heteroatoms. The van der Waals surface area contributed by atoms with Crippen molar-refractivity contribution < 1.29 is 37.0 Å². The number of ether oxygens (including phenoxy) is 3. The molecule has 432 valence electrons. The Morgan fingerprint density at radius 2 is 1.61 bits per heavy atom. The van der Waals surface area contributed by atoms with Crippen molar-refractivity contribution in [1.29, 1.82) is 0 Å². The largest absolute Gasteiger partial charge is 0.492 e. The van der Waals surface area contributed by atoms with Crippen LogP contribution in [-0.4, -0.2) is 111 Å². The van der Waals surface area contributed by atoms with Crippen molar-refractivity contribution in [2.24, 2.45) is 7.05 Å². The number of amides is 2. The first-order chi connectivity index (χ1) is 39.9. The van der Waals surface area contributed by atoms with Gasteiger partial charge in [-0.05, 0) is 132 Å². The second-order valence-electron chi connectivity index (χ2n) is 19.4. The number of carbonyl (C=O) groups is 2. The van der Waals surface area contributed by atoms with Crippen molar-refractivity contribution in [3.8, 4) is 34.6 Å². The Kier molecular flexibility index (Phi) is 18.6. The topological polar surface area (TPSA) is 280 Å². The van der Waals surface area contributed by atoms with Crippen LogP contribution in [0.2, 0.25) is 0 Å². The van der Waals surface area contributed by atoms with Gasteiger partial charge in [0.25, 0.3) is 17.0 Å². The van der Waals surface area contributed by atoms with E-state index in [4.69, 9.17) is 24.6 Å². The summed E-state index contributed by atoms with van der Waals surface area (Å²) in [5, 5.41) is 16.2. The van der Waals surface area contributed by atoms with Gasteiger partial charge in [-0.2, -0.15) is 0 Å². The number of nitrogen functional groups attached to an aromatic ring is 1. The Bertz CT molecular complexity index is 4090. The lowest BCUT2D eigenvalue weighted by atomic mass is 10.1. The number of benzene rings is 4. The maximum absolute atomic E-state index is 14.8. The smallest absolute Gasteiger partial charge is 0.336 e. The number of halogens is 2. The predicted octanol–water partition coefficient (Wildman–Crippen LogP) is 7.77. The maximum atomic E-state index is 14.8. The lowest BCUT2D eigenvalue weighted by molar-refractivity contribution is -0.114. The number of nitrogens with zero attached hydrogens (tertiary/aromatic N) is 9. The predicted molar refractivity (Wildman–Crippen MR) is 323 cm³/mol. The summed E-state index contributed by atoms with van der Waals surface area (Å²) in [6.45, 7) is 10.3. The van der Waals surface area contributed by atoms with Gasteiger partial charge in [-0.1, -0.05) is 12.1 Å². The summed E-state index contributed by atoms with van der Waals surface area (Å²) in [4.78, 5) is 76.8. The van der Waals surface area contributed by atoms with Crippen LogP contribution in [0.15, 0.2) is 122 Å². The number of hydrogen-bond donors (Lipinski definition) is 4. The van der Waals surface area contributed by atoms with Crippen molar-refractivity contribution in [2.45, 2.75) is 46.2 Å². The molecule has 9 aromatic rings. The highest BCUT2D eigenvalue weighted by Crippen LogP contribution is 2.35. The van der Waals surface area contributed by atoms with Crippen LogP contribution < -0.4 is 48.0 Å². The van der Waals surface area contributed by atoms with Gasteiger partial charge in [0, 0.05) is 108 Å². The lowest BCUT2D eigenvalue weighted by Crippen LogP contribution is -2.41. The number of nitrogens with two attached hydrogens (primary N) is 1. The third-order valence-electron chi connectivity index (χ3n) is 13.2. The van der Waals surface area contributed by atoms with Crippen molar-refractivity contribution in [3.63, 3.8) is 0 Å². The Morgan fingerprint density at radius 1 is 0.904 bits per heavy atom. The fourth-order valence-corrected chi connectivity index (χ4v) is 9.65. The summed E-state index contributed by atoms with van der Waals surface area (Å²) in [5.74, 6) is 1.29. The van der Waals surface area contributed by atoms with Crippen LogP contribution in [0.5, 0.6) is 17.4 Å². The Hall–Kier alpha value is -8.60. The molecule has 23 nitrogen and oxygen atoms in total. The van der Waals surface area contributed by atoms with Gasteiger partial charge in [0.1, 0.15) is 40.6 Å². The van der Waals surface area contributed by atoms with Crippen LogP contribution >= 0.6 is 22.6 Å². The molecule has 1 aliphatic carbocycles. The second kappa shape index (κ2) is 26.1. The minimum atomic E-state index is -0.611. The number of nitrogens with one attached hydrogen (secondary N) is 3. The minimum absolute atomic E-state index is 0.0804. The molecular weight excluding hydrogens is 1200 g/mol. The number of pyridine rings is 2. The molecule has 11 rings (SSSR count). The molecule has 5 N–H and O–H groups in total. The first kappa shape index (κ1) is 59.0. The highest BCUT2D eigenvalue weighted by molar-refractivity contribution is 14.1. The normalized spacial score (nSPS) is 13.2. The van der Waals surface area contributed by atoms with Gasteiger partial charge in [0.2, 0.25) is 11.8 Å². The van der Waals surface area contributed by atoms with Crippen molar-refractivity contribution in [2.75, 3.05) is 73.7 Å². The average molecular weight is 1260 g/mol. The summed E-state index contributed by atoms with van der Waals surface area (Å²) in [7, 11) is 0.884. The van der Waals surface area contributed by atoms with Gasteiger partial charge in [-0.25, -0.2) is 23.8 Å². The van der Waals surface area contributed by atoms with E-state index in [1.807, 2.05) is 34.1 Å². The molecule has 0 bridgehead atoms. The highest BCUT2D eigenvalue weighted by atomic mass is 127. The van der Waals surface area contributed by atoms with Crippen LogP contribution in [0.1, 0.15) is 48.7 Å². The monoisotopic (exact) mass is 1260 g/mol. The molecule has 4 aromatic carbocycles.